The summed E-state index contributed by atoms with van der Waals surface area (Å²) in [6.07, 6.45) is 1.20. The lowest BCUT2D eigenvalue weighted by atomic mass is 10.0. The molecule has 1 aliphatic heterocycles. The molecule has 3 nitrogen and oxygen atoms in total. The van der Waals surface area contributed by atoms with Crippen LogP contribution in [0.1, 0.15) is 18.2 Å². The molecule has 15 heavy (non-hydrogen) atoms. The average molecular weight is 199 g/mol. The molecular formula is C12H13N3. The van der Waals surface area contributed by atoms with Crippen molar-refractivity contribution in [2.24, 2.45) is 0 Å². The van der Waals surface area contributed by atoms with Gasteiger partial charge in [0.05, 0.1) is 17.4 Å². The Labute approximate surface area is 88.5 Å². The number of nitrogens with zero attached hydrogens (tertiary/aromatic N) is 1. The van der Waals surface area contributed by atoms with Crippen LogP contribution in [0, 0.1) is 0 Å². The highest BCUT2D eigenvalue weighted by Gasteiger charge is 2.20. The number of aromatic amines is 1. The topological polar surface area (TPSA) is 40.7 Å². The fourth-order valence-corrected chi connectivity index (χ4v) is 1.83. The van der Waals surface area contributed by atoms with Crippen LogP contribution >= 0.6 is 0 Å². The summed E-state index contributed by atoms with van der Waals surface area (Å²) >= 11 is 0. The van der Waals surface area contributed by atoms with E-state index < -0.39 is 0 Å². The molecule has 1 aliphatic rings. The number of H-pyrrole nitrogens is 1. The molecule has 1 aromatic heterocycles. The minimum absolute atomic E-state index is 0.481. The second kappa shape index (κ2) is 3.51. The Kier molecular flexibility index (Phi) is 2.03. The maximum atomic E-state index is 4.32. The lowest BCUT2D eigenvalue weighted by Crippen LogP contribution is -2.35. The molecule has 0 amide bonds. The van der Waals surface area contributed by atoms with E-state index in [1.54, 1.807) is 0 Å². The first kappa shape index (κ1) is 8.68. The fourth-order valence-electron chi connectivity index (χ4n) is 1.83. The Morgan fingerprint density at radius 2 is 2.00 bits per heavy atom. The van der Waals surface area contributed by atoms with Crippen LogP contribution in [0.2, 0.25) is 0 Å². The molecule has 0 aliphatic carbocycles. The molecule has 76 valence electrons. The number of hydrogen-bond acceptors (Lipinski definition) is 2. The van der Waals surface area contributed by atoms with Gasteiger partial charge in [0.2, 0.25) is 0 Å². The van der Waals surface area contributed by atoms with E-state index in [-0.39, 0.29) is 0 Å². The lowest BCUT2D eigenvalue weighted by molar-refractivity contribution is 0.375. The highest BCUT2D eigenvalue weighted by molar-refractivity contribution is 5.59. The standard InChI is InChI=1S/C12H13N3/c1-2-4-9(5-3-1)11-8-12(15-14-11)10-6-7-13-10/h1-5,8,10,13H,6-7H2,(H,14,15). The van der Waals surface area contributed by atoms with Gasteiger partial charge in [-0.2, -0.15) is 5.10 Å². The van der Waals surface area contributed by atoms with E-state index >= 15 is 0 Å². The summed E-state index contributed by atoms with van der Waals surface area (Å²) in [6, 6.07) is 12.9. The zero-order valence-corrected chi connectivity index (χ0v) is 8.40. The predicted octanol–water partition coefficient (Wildman–Crippen LogP) is 2.11. The van der Waals surface area contributed by atoms with Crippen LogP contribution in [0.4, 0.5) is 0 Å². The zero-order chi connectivity index (χ0) is 10.1. The number of hydrogen-bond donors (Lipinski definition) is 2. The van der Waals surface area contributed by atoms with Crippen molar-refractivity contribution < 1.29 is 0 Å². The van der Waals surface area contributed by atoms with Gasteiger partial charge in [-0.05, 0) is 19.0 Å². The van der Waals surface area contributed by atoms with Gasteiger partial charge in [0.1, 0.15) is 0 Å². The molecule has 2 heterocycles. The summed E-state index contributed by atoms with van der Waals surface area (Å²) < 4.78 is 0. The number of rotatable bonds is 2. The SMILES string of the molecule is c1ccc(-c2cc(C3CCN3)[nH]n2)cc1. The van der Waals surface area contributed by atoms with Crippen molar-refractivity contribution in [2.45, 2.75) is 12.5 Å². The quantitative estimate of drug-likeness (QED) is 0.777. The van der Waals surface area contributed by atoms with Crippen molar-refractivity contribution in [3.63, 3.8) is 0 Å². The van der Waals surface area contributed by atoms with Gasteiger partial charge in [-0.3, -0.25) is 5.10 Å². The largest absolute Gasteiger partial charge is 0.309 e. The van der Waals surface area contributed by atoms with Gasteiger partial charge in [0.25, 0.3) is 0 Å². The molecule has 1 saturated heterocycles. The Morgan fingerprint density at radius 3 is 2.67 bits per heavy atom. The minimum Gasteiger partial charge on any atom is -0.309 e. The van der Waals surface area contributed by atoms with Gasteiger partial charge in [-0.1, -0.05) is 30.3 Å². The average Bonchev–Trinajstić information content (AvgIpc) is 2.66. The van der Waals surface area contributed by atoms with E-state index in [4.69, 9.17) is 0 Å². The maximum Gasteiger partial charge on any atom is 0.0924 e. The molecule has 0 bridgehead atoms. The summed E-state index contributed by atoms with van der Waals surface area (Å²) in [5, 5.41) is 10.8. The molecular weight excluding hydrogens is 186 g/mol. The molecule has 0 radical (unpaired) electrons. The molecule has 3 heteroatoms. The van der Waals surface area contributed by atoms with Gasteiger partial charge >= 0.3 is 0 Å². The van der Waals surface area contributed by atoms with Crippen LogP contribution in [0.3, 0.4) is 0 Å². The predicted molar refractivity (Wildman–Crippen MR) is 59.4 cm³/mol. The van der Waals surface area contributed by atoms with Crippen molar-refractivity contribution in [2.75, 3.05) is 6.54 Å². The molecule has 1 fully saturated rings. The van der Waals surface area contributed by atoms with Crippen LogP contribution in [0.5, 0.6) is 0 Å². The first-order valence-electron chi connectivity index (χ1n) is 5.27. The van der Waals surface area contributed by atoms with Gasteiger partial charge in [0, 0.05) is 5.56 Å². The van der Waals surface area contributed by atoms with Crippen LogP contribution < -0.4 is 5.32 Å². The molecule has 1 atom stereocenters. The smallest absolute Gasteiger partial charge is 0.0924 e. The van der Waals surface area contributed by atoms with Crippen LogP contribution in [-0.2, 0) is 0 Å². The van der Waals surface area contributed by atoms with Gasteiger partial charge in [0.15, 0.2) is 0 Å². The monoisotopic (exact) mass is 199 g/mol. The van der Waals surface area contributed by atoms with E-state index in [0.717, 1.165) is 12.2 Å². The molecule has 2 N–H and O–H groups in total. The zero-order valence-electron chi connectivity index (χ0n) is 8.40. The van der Waals surface area contributed by atoms with Crippen LogP contribution in [0.25, 0.3) is 11.3 Å². The van der Waals surface area contributed by atoms with E-state index in [1.165, 1.54) is 17.7 Å². The highest BCUT2D eigenvalue weighted by Crippen LogP contribution is 2.24. The third-order valence-electron chi connectivity index (χ3n) is 2.87. The Balaban J connectivity index is 1.90. The Morgan fingerprint density at radius 1 is 1.20 bits per heavy atom. The molecule has 3 rings (SSSR count). The second-order valence-electron chi connectivity index (χ2n) is 3.87. The molecule has 0 saturated carbocycles. The first-order chi connectivity index (χ1) is 7.43. The summed E-state index contributed by atoms with van der Waals surface area (Å²) in [4.78, 5) is 0. The van der Waals surface area contributed by atoms with Crippen LogP contribution in [0.15, 0.2) is 36.4 Å². The van der Waals surface area contributed by atoms with Crippen LogP contribution in [-0.4, -0.2) is 16.7 Å². The van der Waals surface area contributed by atoms with E-state index in [0.29, 0.717) is 6.04 Å². The minimum atomic E-state index is 0.481. The molecule has 1 aromatic carbocycles. The maximum absolute atomic E-state index is 4.32. The van der Waals surface area contributed by atoms with Crippen molar-refractivity contribution in [1.82, 2.24) is 15.5 Å². The van der Waals surface area contributed by atoms with E-state index in [1.807, 2.05) is 18.2 Å². The summed E-state index contributed by atoms with van der Waals surface area (Å²) in [5.74, 6) is 0. The number of benzene rings is 1. The number of nitrogens with one attached hydrogen (secondary N) is 2. The van der Waals surface area contributed by atoms with Crippen molar-refractivity contribution in [1.29, 1.82) is 0 Å². The highest BCUT2D eigenvalue weighted by atomic mass is 15.1. The van der Waals surface area contributed by atoms with Gasteiger partial charge in [-0.15, -0.1) is 0 Å². The van der Waals surface area contributed by atoms with Crippen molar-refractivity contribution in [3.8, 4) is 11.3 Å². The van der Waals surface area contributed by atoms with E-state index in [9.17, 15) is 0 Å². The Bertz CT molecular complexity index is 443. The van der Waals surface area contributed by atoms with Gasteiger partial charge < -0.3 is 5.32 Å². The third kappa shape index (κ3) is 1.55. The molecule has 0 spiro atoms. The fraction of sp³-hybridized carbons (Fsp3) is 0.250. The molecule has 2 aromatic rings. The third-order valence-corrected chi connectivity index (χ3v) is 2.87. The van der Waals surface area contributed by atoms with Gasteiger partial charge in [-0.25, -0.2) is 0 Å². The number of aromatic nitrogens is 2. The summed E-state index contributed by atoms with van der Waals surface area (Å²) in [5.41, 5.74) is 3.39. The van der Waals surface area contributed by atoms with Crippen molar-refractivity contribution >= 4 is 0 Å². The second-order valence-corrected chi connectivity index (χ2v) is 3.87. The van der Waals surface area contributed by atoms with E-state index in [2.05, 4.69) is 33.7 Å². The Hall–Kier alpha value is -1.61. The first-order valence-corrected chi connectivity index (χ1v) is 5.27. The van der Waals surface area contributed by atoms with Crippen molar-refractivity contribution in [3.05, 3.63) is 42.1 Å². The summed E-state index contributed by atoms with van der Waals surface area (Å²) in [7, 11) is 0. The molecule has 1 unspecified atom stereocenters. The summed E-state index contributed by atoms with van der Waals surface area (Å²) in [6.45, 7) is 1.12. The normalized spacial score (nSPS) is 19.9. The lowest BCUT2D eigenvalue weighted by Gasteiger charge is -2.25.